The molecule has 0 radical (unpaired) electrons. The van der Waals surface area contributed by atoms with Gasteiger partial charge in [0.25, 0.3) is 0 Å². The lowest BCUT2D eigenvalue weighted by atomic mass is 9.99. The van der Waals surface area contributed by atoms with Crippen LogP contribution >= 0.6 is 12.2 Å². The molecule has 1 aliphatic rings. The summed E-state index contributed by atoms with van der Waals surface area (Å²) in [6.07, 6.45) is 6.31. The minimum atomic E-state index is -0.116. The van der Waals surface area contributed by atoms with Crippen LogP contribution in [-0.2, 0) is 4.79 Å². The van der Waals surface area contributed by atoms with Crippen LogP contribution in [0.4, 0.5) is 5.69 Å². The highest BCUT2D eigenvalue weighted by atomic mass is 32.1. The molecule has 1 amide bonds. The largest absolute Gasteiger partial charge is 0.352 e. The summed E-state index contributed by atoms with van der Waals surface area (Å²) < 4.78 is 2.11. The molecule has 1 saturated heterocycles. The number of aryl methyl sites for hydroxylation is 1. The smallest absolute Gasteiger partial charge is 0.226 e. The average Bonchev–Trinajstić information content (AvgIpc) is 3.50. The van der Waals surface area contributed by atoms with Crippen LogP contribution < -0.4 is 10.6 Å². The Morgan fingerprint density at radius 2 is 1.80 bits per heavy atom. The number of rotatable bonds is 7. The number of benzene rings is 2. The summed E-state index contributed by atoms with van der Waals surface area (Å²) in [6, 6.07) is 25.8. The third-order valence-electron chi connectivity index (χ3n) is 6.31. The van der Waals surface area contributed by atoms with Crippen molar-refractivity contribution in [1.29, 1.82) is 0 Å². The van der Waals surface area contributed by atoms with Crippen LogP contribution in [0.25, 0.3) is 5.69 Å². The molecule has 2 aromatic carbocycles. The maximum atomic E-state index is 12.8. The molecule has 1 aliphatic heterocycles. The maximum absolute atomic E-state index is 12.8. The van der Waals surface area contributed by atoms with Gasteiger partial charge in [0.05, 0.1) is 17.8 Å². The van der Waals surface area contributed by atoms with Crippen molar-refractivity contribution < 1.29 is 4.79 Å². The first kappa shape index (κ1) is 22.8. The number of para-hydroxylation sites is 2. The standard InChI is InChI=1S/C28H27N5OS/c1-20-9-5-6-12-23(20)30-25(34)15-18-33-27(26(31-28(33)35)24-13-7-8-16-29-24)21-14-17-32(19-21)22-10-3-2-4-11-22/h2-14,16-17,19,26-27H,15,18H2,1H3,(H,30,34)(H,31,35)/t26-,27+/m1/s1. The van der Waals surface area contributed by atoms with Crippen molar-refractivity contribution >= 4 is 28.9 Å². The summed E-state index contributed by atoms with van der Waals surface area (Å²) in [5, 5.41) is 7.11. The molecule has 7 heteroatoms. The second-order valence-corrected chi connectivity index (χ2v) is 9.01. The second kappa shape index (κ2) is 10.1. The van der Waals surface area contributed by atoms with Crippen molar-refractivity contribution in [1.82, 2.24) is 19.8 Å². The zero-order valence-corrected chi connectivity index (χ0v) is 20.3. The molecule has 35 heavy (non-hydrogen) atoms. The van der Waals surface area contributed by atoms with E-state index in [2.05, 4.69) is 55.7 Å². The molecule has 5 rings (SSSR count). The van der Waals surface area contributed by atoms with Gasteiger partial charge >= 0.3 is 0 Å². The van der Waals surface area contributed by atoms with Crippen molar-refractivity contribution in [2.24, 2.45) is 0 Å². The van der Waals surface area contributed by atoms with E-state index < -0.39 is 0 Å². The first-order valence-corrected chi connectivity index (χ1v) is 12.1. The van der Waals surface area contributed by atoms with Gasteiger partial charge in [-0.15, -0.1) is 0 Å². The lowest BCUT2D eigenvalue weighted by molar-refractivity contribution is -0.116. The fourth-order valence-corrected chi connectivity index (χ4v) is 4.84. The summed E-state index contributed by atoms with van der Waals surface area (Å²) in [5.41, 5.74) is 4.98. The highest BCUT2D eigenvalue weighted by Crippen LogP contribution is 2.39. The topological polar surface area (TPSA) is 62.2 Å². The lowest BCUT2D eigenvalue weighted by Gasteiger charge is -2.27. The highest BCUT2D eigenvalue weighted by Gasteiger charge is 2.40. The number of hydrogen-bond acceptors (Lipinski definition) is 3. The van der Waals surface area contributed by atoms with Crippen LogP contribution in [-0.4, -0.2) is 32.0 Å². The van der Waals surface area contributed by atoms with E-state index in [1.54, 1.807) is 6.20 Å². The number of nitrogens with one attached hydrogen (secondary N) is 2. The van der Waals surface area contributed by atoms with Crippen molar-refractivity contribution in [2.75, 3.05) is 11.9 Å². The SMILES string of the molecule is Cc1ccccc1NC(=O)CCN1C(=S)N[C@H](c2ccccn2)[C@@H]1c1ccn(-c2ccccc2)c1. The third kappa shape index (κ3) is 4.95. The molecule has 2 atom stereocenters. The van der Waals surface area contributed by atoms with Gasteiger partial charge in [-0.2, -0.15) is 0 Å². The van der Waals surface area contributed by atoms with Gasteiger partial charge in [0.2, 0.25) is 5.91 Å². The molecule has 0 bridgehead atoms. The van der Waals surface area contributed by atoms with E-state index in [0.717, 1.165) is 28.2 Å². The average molecular weight is 482 g/mol. The summed E-state index contributed by atoms with van der Waals surface area (Å²) in [5.74, 6) is -0.0380. The molecule has 0 unspecified atom stereocenters. The molecule has 2 N–H and O–H groups in total. The third-order valence-corrected chi connectivity index (χ3v) is 6.66. The molecular formula is C28H27N5OS. The van der Waals surface area contributed by atoms with Crippen LogP contribution in [0.5, 0.6) is 0 Å². The molecular weight excluding hydrogens is 454 g/mol. The minimum absolute atomic E-state index is 0.0380. The summed E-state index contributed by atoms with van der Waals surface area (Å²) in [4.78, 5) is 19.5. The number of pyridine rings is 1. The molecule has 2 aromatic heterocycles. The predicted octanol–water partition coefficient (Wildman–Crippen LogP) is 5.18. The van der Waals surface area contributed by atoms with Crippen LogP contribution in [0, 0.1) is 6.92 Å². The Kier molecular flexibility index (Phi) is 6.59. The summed E-state index contributed by atoms with van der Waals surface area (Å²) in [7, 11) is 0. The van der Waals surface area contributed by atoms with Gasteiger partial charge < -0.3 is 20.1 Å². The van der Waals surface area contributed by atoms with Gasteiger partial charge in [0, 0.05) is 42.9 Å². The van der Waals surface area contributed by atoms with E-state index >= 15 is 0 Å². The fourth-order valence-electron chi connectivity index (χ4n) is 4.51. The Balaban J connectivity index is 1.39. The Morgan fingerprint density at radius 1 is 1.03 bits per heavy atom. The normalized spacial score (nSPS) is 17.3. The van der Waals surface area contributed by atoms with E-state index in [0.29, 0.717) is 18.1 Å². The molecule has 0 aliphatic carbocycles. The van der Waals surface area contributed by atoms with E-state index in [4.69, 9.17) is 12.2 Å². The van der Waals surface area contributed by atoms with Gasteiger partial charge in [-0.1, -0.05) is 42.5 Å². The predicted molar refractivity (Wildman–Crippen MR) is 142 cm³/mol. The molecule has 6 nitrogen and oxygen atoms in total. The van der Waals surface area contributed by atoms with Gasteiger partial charge in [0.15, 0.2) is 5.11 Å². The van der Waals surface area contributed by atoms with Crippen molar-refractivity contribution in [3.63, 3.8) is 0 Å². The molecule has 0 saturated carbocycles. The zero-order valence-electron chi connectivity index (χ0n) is 19.5. The summed E-state index contributed by atoms with van der Waals surface area (Å²) in [6.45, 7) is 2.48. The van der Waals surface area contributed by atoms with E-state index in [-0.39, 0.29) is 18.0 Å². The first-order valence-electron chi connectivity index (χ1n) is 11.7. The second-order valence-electron chi connectivity index (χ2n) is 8.62. The quantitative estimate of drug-likeness (QED) is 0.356. The number of aromatic nitrogens is 2. The minimum Gasteiger partial charge on any atom is -0.352 e. The molecule has 0 spiro atoms. The van der Waals surface area contributed by atoms with Crippen LogP contribution in [0.3, 0.4) is 0 Å². The molecule has 4 aromatic rings. The van der Waals surface area contributed by atoms with E-state index in [9.17, 15) is 4.79 Å². The van der Waals surface area contributed by atoms with Gasteiger partial charge in [-0.25, -0.2) is 0 Å². The molecule has 176 valence electrons. The van der Waals surface area contributed by atoms with E-state index in [1.807, 2.05) is 67.6 Å². The lowest BCUT2D eigenvalue weighted by Crippen LogP contribution is -2.32. The van der Waals surface area contributed by atoms with Crippen molar-refractivity contribution in [3.8, 4) is 5.69 Å². The zero-order chi connectivity index (χ0) is 24.2. The maximum Gasteiger partial charge on any atom is 0.226 e. The Hall–Kier alpha value is -3.97. The van der Waals surface area contributed by atoms with E-state index in [1.165, 1.54) is 0 Å². The number of nitrogens with zero attached hydrogens (tertiary/aromatic N) is 3. The number of hydrogen-bond donors (Lipinski definition) is 2. The van der Waals surface area contributed by atoms with Crippen LogP contribution in [0.2, 0.25) is 0 Å². The number of carbonyl (C=O) groups is 1. The first-order chi connectivity index (χ1) is 17.1. The molecule has 3 heterocycles. The Labute approximate surface area is 210 Å². The summed E-state index contributed by atoms with van der Waals surface area (Å²) >= 11 is 5.75. The van der Waals surface area contributed by atoms with Crippen LogP contribution in [0.15, 0.2) is 97.5 Å². The fraction of sp³-hybridized carbons (Fsp3) is 0.179. The highest BCUT2D eigenvalue weighted by molar-refractivity contribution is 7.80. The number of anilines is 1. The van der Waals surface area contributed by atoms with Crippen LogP contribution in [0.1, 0.15) is 35.3 Å². The van der Waals surface area contributed by atoms with Crippen molar-refractivity contribution in [2.45, 2.75) is 25.4 Å². The Bertz CT molecular complexity index is 1320. The van der Waals surface area contributed by atoms with Gasteiger partial charge in [-0.3, -0.25) is 9.78 Å². The van der Waals surface area contributed by atoms with Crippen molar-refractivity contribution in [3.05, 3.63) is 114 Å². The number of amides is 1. The van der Waals surface area contributed by atoms with Gasteiger partial charge in [0.1, 0.15) is 0 Å². The Morgan fingerprint density at radius 3 is 2.57 bits per heavy atom. The molecule has 1 fully saturated rings. The monoisotopic (exact) mass is 481 g/mol. The van der Waals surface area contributed by atoms with Gasteiger partial charge in [-0.05, 0) is 66.7 Å². The number of carbonyl (C=O) groups excluding carboxylic acids is 1. The number of thiocarbonyl (C=S) groups is 1.